The number of halogens is 2. The van der Waals surface area contributed by atoms with E-state index in [4.69, 9.17) is 32.7 Å². The van der Waals surface area contributed by atoms with Gasteiger partial charge in [0, 0.05) is 5.75 Å². The third-order valence-electron chi connectivity index (χ3n) is 3.61. The van der Waals surface area contributed by atoms with Gasteiger partial charge in [0.05, 0.1) is 30.5 Å². The first kappa shape index (κ1) is 20.3. The molecule has 0 aliphatic carbocycles. The van der Waals surface area contributed by atoms with Crippen LogP contribution >= 0.6 is 35.0 Å². The quantitative estimate of drug-likeness (QED) is 0.297. The first-order valence-corrected chi connectivity index (χ1v) is 9.83. The summed E-state index contributed by atoms with van der Waals surface area (Å²) in [5, 5.41) is 12.7. The van der Waals surface area contributed by atoms with Crippen molar-refractivity contribution < 1.29 is 9.47 Å². The Labute approximate surface area is 176 Å². The van der Waals surface area contributed by atoms with Crippen molar-refractivity contribution in [3.8, 4) is 11.5 Å². The lowest BCUT2D eigenvalue weighted by atomic mass is 10.2. The van der Waals surface area contributed by atoms with Crippen LogP contribution < -0.4 is 14.9 Å². The number of benzene rings is 2. The van der Waals surface area contributed by atoms with Crippen LogP contribution in [0.3, 0.4) is 0 Å². The van der Waals surface area contributed by atoms with E-state index in [0.29, 0.717) is 38.4 Å². The number of ether oxygens (including phenoxy) is 2. The molecule has 1 heterocycles. The van der Waals surface area contributed by atoms with E-state index >= 15 is 0 Å². The molecule has 2 N–H and O–H groups in total. The van der Waals surface area contributed by atoms with Crippen molar-refractivity contribution in [2.75, 3.05) is 19.6 Å². The molecule has 28 heavy (non-hydrogen) atoms. The molecule has 0 amide bonds. The molecule has 3 rings (SSSR count). The number of thioether (sulfide) groups is 1. The van der Waals surface area contributed by atoms with Gasteiger partial charge in [-0.15, -0.1) is 5.10 Å². The Kier molecular flexibility index (Phi) is 7.02. The minimum Gasteiger partial charge on any atom is -0.493 e. The summed E-state index contributed by atoms with van der Waals surface area (Å²) >= 11 is 13.4. The van der Waals surface area contributed by atoms with Crippen LogP contribution in [-0.4, -0.2) is 35.6 Å². The van der Waals surface area contributed by atoms with Crippen molar-refractivity contribution in [2.24, 2.45) is 5.10 Å². The van der Waals surface area contributed by atoms with Gasteiger partial charge in [0.15, 0.2) is 11.5 Å². The third-order valence-corrected chi connectivity index (χ3v) is 5.27. The molecule has 0 bridgehead atoms. The lowest BCUT2D eigenvalue weighted by Gasteiger charge is -2.07. The Morgan fingerprint density at radius 2 is 1.93 bits per heavy atom. The van der Waals surface area contributed by atoms with Crippen LogP contribution in [-0.2, 0) is 5.75 Å². The number of aromatic nitrogens is 3. The van der Waals surface area contributed by atoms with Gasteiger partial charge in [-0.3, -0.25) is 0 Å². The maximum atomic E-state index is 6.02. The summed E-state index contributed by atoms with van der Waals surface area (Å²) in [7, 11) is 3.18. The molecule has 0 fully saturated rings. The maximum Gasteiger partial charge on any atom is 0.240 e. The summed E-state index contributed by atoms with van der Waals surface area (Å²) in [6.45, 7) is 0. The molecule has 0 aliphatic rings. The second-order valence-corrected chi connectivity index (χ2v) is 7.25. The number of nitrogens with one attached hydrogen (secondary N) is 2. The molecule has 10 heteroatoms. The van der Waals surface area contributed by atoms with Gasteiger partial charge in [0.25, 0.3) is 0 Å². The molecule has 0 atom stereocenters. The lowest BCUT2D eigenvalue weighted by molar-refractivity contribution is 0.355. The van der Waals surface area contributed by atoms with E-state index < -0.39 is 0 Å². The number of hydrogen-bond donors (Lipinski definition) is 2. The summed E-state index contributed by atoms with van der Waals surface area (Å²) in [6.07, 6.45) is 1.65. The zero-order valence-electron chi connectivity index (χ0n) is 15.1. The number of rotatable bonds is 8. The highest BCUT2D eigenvalue weighted by Gasteiger charge is 2.06. The molecule has 0 unspecified atom stereocenters. The highest BCUT2D eigenvalue weighted by molar-refractivity contribution is 7.98. The minimum absolute atomic E-state index is 0.438. The van der Waals surface area contributed by atoms with Gasteiger partial charge < -0.3 is 9.47 Å². The zero-order valence-corrected chi connectivity index (χ0v) is 17.4. The van der Waals surface area contributed by atoms with E-state index in [9.17, 15) is 0 Å². The summed E-state index contributed by atoms with van der Waals surface area (Å²) in [5.74, 6) is 2.40. The van der Waals surface area contributed by atoms with Gasteiger partial charge in [-0.25, -0.2) is 10.5 Å². The summed E-state index contributed by atoms with van der Waals surface area (Å²) in [6, 6.07) is 11.0. The molecule has 0 spiro atoms. The number of anilines is 1. The molecular weight excluding hydrogens is 421 g/mol. The predicted octanol–water partition coefficient (Wildman–Crippen LogP) is 4.87. The smallest absolute Gasteiger partial charge is 0.240 e. The normalized spacial score (nSPS) is 11.0. The van der Waals surface area contributed by atoms with Gasteiger partial charge in [-0.05, 0) is 41.5 Å². The molecule has 0 saturated carbocycles. The van der Waals surface area contributed by atoms with Crippen molar-refractivity contribution >= 4 is 47.1 Å². The minimum atomic E-state index is 0.438. The van der Waals surface area contributed by atoms with Crippen molar-refractivity contribution in [1.82, 2.24) is 15.2 Å². The summed E-state index contributed by atoms with van der Waals surface area (Å²) in [4.78, 5) is 4.33. The number of hydrogen-bond acceptors (Lipinski definition) is 7. The molecule has 2 aromatic carbocycles. The Morgan fingerprint density at radius 1 is 1.11 bits per heavy atom. The SMILES string of the molecule is COc1ccc(/C=N\Nc2nc(SCc3ccc(Cl)c(Cl)c3)n[nH]2)cc1OC. The first-order chi connectivity index (χ1) is 13.6. The fourth-order valence-electron chi connectivity index (χ4n) is 2.24. The van der Waals surface area contributed by atoms with E-state index in [-0.39, 0.29) is 0 Å². The van der Waals surface area contributed by atoms with E-state index in [1.54, 1.807) is 26.5 Å². The monoisotopic (exact) mass is 437 g/mol. The zero-order chi connectivity index (χ0) is 19.9. The molecule has 3 aromatic rings. The fourth-order valence-corrected chi connectivity index (χ4v) is 3.30. The van der Waals surface area contributed by atoms with Crippen LogP contribution in [0.4, 0.5) is 5.95 Å². The van der Waals surface area contributed by atoms with Gasteiger partial charge >= 0.3 is 0 Å². The highest BCUT2D eigenvalue weighted by atomic mass is 35.5. The van der Waals surface area contributed by atoms with Gasteiger partial charge in [0.2, 0.25) is 11.1 Å². The Bertz CT molecular complexity index is 980. The third kappa shape index (κ3) is 5.31. The predicted molar refractivity (Wildman–Crippen MR) is 113 cm³/mol. The lowest BCUT2D eigenvalue weighted by Crippen LogP contribution is -1.94. The number of methoxy groups -OCH3 is 2. The standard InChI is InChI=1S/C18H17Cl2N5O2S/c1-26-15-6-4-11(8-16(15)27-2)9-21-23-17-22-18(25-24-17)28-10-12-3-5-13(19)14(20)7-12/h3-9H,10H2,1-2H3,(H2,22,23,24,25)/b21-9-. The average Bonchev–Trinajstić information content (AvgIpc) is 3.16. The van der Waals surface area contributed by atoms with Crippen LogP contribution in [0, 0.1) is 0 Å². The first-order valence-electron chi connectivity index (χ1n) is 8.09. The number of nitrogens with zero attached hydrogens (tertiary/aromatic N) is 3. The molecule has 7 nitrogen and oxygen atoms in total. The number of H-pyrrole nitrogens is 1. The molecule has 0 radical (unpaired) electrons. The maximum absolute atomic E-state index is 6.02. The largest absolute Gasteiger partial charge is 0.493 e. The van der Waals surface area contributed by atoms with Gasteiger partial charge in [0.1, 0.15) is 0 Å². The Balaban J connectivity index is 1.55. The summed E-state index contributed by atoms with van der Waals surface area (Å²) in [5.41, 5.74) is 4.69. The van der Waals surface area contributed by atoms with E-state index in [0.717, 1.165) is 11.1 Å². The fraction of sp³-hybridized carbons (Fsp3) is 0.167. The van der Waals surface area contributed by atoms with E-state index in [2.05, 4.69) is 25.7 Å². The van der Waals surface area contributed by atoms with Crippen LogP contribution in [0.2, 0.25) is 10.0 Å². The van der Waals surface area contributed by atoms with Crippen LogP contribution in [0.1, 0.15) is 11.1 Å². The molecule has 0 aliphatic heterocycles. The van der Waals surface area contributed by atoms with E-state index in [1.165, 1.54) is 11.8 Å². The number of hydrazone groups is 1. The average molecular weight is 438 g/mol. The van der Waals surface area contributed by atoms with E-state index in [1.807, 2.05) is 30.3 Å². The second kappa shape index (κ2) is 9.68. The van der Waals surface area contributed by atoms with Gasteiger partial charge in [-0.2, -0.15) is 10.1 Å². The Morgan fingerprint density at radius 3 is 2.68 bits per heavy atom. The van der Waals surface area contributed by atoms with Crippen LogP contribution in [0.25, 0.3) is 0 Å². The second-order valence-electron chi connectivity index (χ2n) is 5.49. The molecular formula is C18H17Cl2N5O2S. The number of aromatic amines is 1. The van der Waals surface area contributed by atoms with Crippen molar-refractivity contribution in [3.05, 3.63) is 57.6 Å². The topological polar surface area (TPSA) is 84.4 Å². The molecule has 0 saturated heterocycles. The molecule has 1 aromatic heterocycles. The van der Waals surface area contributed by atoms with Crippen molar-refractivity contribution in [2.45, 2.75) is 10.9 Å². The highest BCUT2D eigenvalue weighted by Crippen LogP contribution is 2.27. The summed E-state index contributed by atoms with van der Waals surface area (Å²) < 4.78 is 10.5. The Hall–Kier alpha value is -2.42. The van der Waals surface area contributed by atoms with Crippen molar-refractivity contribution in [3.63, 3.8) is 0 Å². The molecule has 146 valence electrons. The van der Waals surface area contributed by atoms with Gasteiger partial charge in [-0.1, -0.05) is 41.0 Å². The van der Waals surface area contributed by atoms with Crippen molar-refractivity contribution in [1.29, 1.82) is 0 Å². The van der Waals surface area contributed by atoms with Crippen LogP contribution in [0.15, 0.2) is 46.7 Å². The van der Waals surface area contributed by atoms with Crippen LogP contribution in [0.5, 0.6) is 11.5 Å².